The van der Waals surface area contributed by atoms with Crippen molar-refractivity contribution in [2.75, 3.05) is 12.4 Å². The molecule has 0 aromatic rings. The highest BCUT2D eigenvalue weighted by molar-refractivity contribution is 8.67. The van der Waals surface area contributed by atoms with E-state index in [0.29, 0.717) is 6.61 Å². The van der Waals surface area contributed by atoms with Crippen molar-refractivity contribution in [3.63, 3.8) is 0 Å². The minimum Gasteiger partial charge on any atom is -0.337 e. The van der Waals surface area contributed by atoms with Gasteiger partial charge in [-0.2, -0.15) is 0 Å². The SMILES string of the molecule is CCCCCCCCCCCCCCCCCCCCCCCCCCCCCCOP(O)(=S)SCCCCCCCCCCCCCCCCCCCCCCCCCCCCCC. The Morgan fingerprint density at radius 2 is 0.415 bits per heavy atom. The molecule has 2 nitrogen and oxygen atoms in total. The normalized spacial score (nSPS) is 12.7. The van der Waals surface area contributed by atoms with Crippen molar-refractivity contribution in [3.8, 4) is 0 Å². The first-order valence-electron chi connectivity index (χ1n) is 30.7. The van der Waals surface area contributed by atoms with E-state index in [4.69, 9.17) is 16.3 Å². The summed E-state index contributed by atoms with van der Waals surface area (Å²) in [5.74, 6) is 0.951. The number of hydrogen-bond acceptors (Lipinski definition) is 3. The van der Waals surface area contributed by atoms with E-state index in [1.54, 1.807) is 0 Å². The van der Waals surface area contributed by atoms with Gasteiger partial charge in [0.2, 0.25) is 5.69 Å². The molecule has 0 aromatic heterocycles. The maximum Gasteiger partial charge on any atom is 0.244 e. The lowest BCUT2D eigenvalue weighted by Crippen LogP contribution is -1.92. The lowest BCUT2D eigenvalue weighted by molar-refractivity contribution is 0.307. The lowest BCUT2D eigenvalue weighted by atomic mass is 10.0. The summed E-state index contributed by atoms with van der Waals surface area (Å²) in [6, 6.07) is 0. The van der Waals surface area contributed by atoms with Crippen molar-refractivity contribution in [3.05, 3.63) is 0 Å². The molecule has 0 amide bonds. The zero-order chi connectivity index (χ0) is 46.9. The van der Waals surface area contributed by atoms with Gasteiger partial charge in [-0.15, -0.1) is 0 Å². The van der Waals surface area contributed by atoms with E-state index in [-0.39, 0.29) is 0 Å². The first kappa shape index (κ1) is 65.9. The molecule has 0 spiro atoms. The molecule has 0 aliphatic carbocycles. The first-order valence-corrected chi connectivity index (χ1v) is 35.0. The van der Waals surface area contributed by atoms with Gasteiger partial charge in [0, 0.05) is 5.75 Å². The molecule has 0 rings (SSSR count). The fourth-order valence-corrected chi connectivity index (χ4v) is 13.4. The Morgan fingerprint density at radius 3 is 0.600 bits per heavy atom. The van der Waals surface area contributed by atoms with Crippen molar-refractivity contribution >= 4 is 28.9 Å². The van der Waals surface area contributed by atoms with E-state index < -0.39 is 5.69 Å². The van der Waals surface area contributed by atoms with Crippen LogP contribution in [-0.4, -0.2) is 17.3 Å². The maximum atomic E-state index is 10.6. The smallest absolute Gasteiger partial charge is 0.244 e. The molecular formula is C60H123O2PS2. The van der Waals surface area contributed by atoms with Crippen LogP contribution in [0.3, 0.4) is 0 Å². The van der Waals surface area contributed by atoms with Crippen LogP contribution in [0.4, 0.5) is 0 Å². The van der Waals surface area contributed by atoms with Gasteiger partial charge in [-0.3, -0.25) is 0 Å². The molecular weight excluding hydrogens is 848 g/mol. The van der Waals surface area contributed by atoms with E-state index in [2.05, 4.69) is 13.8 Å². The number of rotatable bonds is 60. The van der Waals surface area contributed by atoms with Crippen molar-refractivity contribution < 1.29 is 9.42 Å². The van der Waals surface area contributed by atoms with Gasteiger partial charge in [-0.1, -0.05) is 372 Å². The summed E-state index contributed by atoms with van der Waals surface area (Å²) in [5, 5.41) is 0. The van der Waals surface area contributed by atoms with Crippen LogP contribution in [0.25, 0.3) is 0 Å². The van der Waals surface area contributed by atoms with Gasteiger partial charge >= 0.3 is 0 Å². The number of unbranched alkanes of at least 4 members (excludes halogenated alkanes) is 54. The molecule has 0 saturated heterocycles. The predicted molar refractivity (Wildman–Crippen MR) is 305 cm³/mol. The van der Waals surface area contributed by atoms with Gasteiger partial charge in [-0.25, -0.2) is 0 Å². The van der Waals surface area contributed by atoms with Gasteiger partial charge < -0.3 is 9.42 Å². The molecule has 0 saturated carbocycles. The Balaban J connectivity index is 3.22. The molecule has 1 atom stereocenters. The average molecular weight is 972 g/mol. The summed E-state index contributed by atoms with van der Waals surface area (Å²) in [6.45, 7) is 5.25. The summed E-state index contributed by atoms with van der Waals surface area (Å²) in [4.78, 5) is 10.6. The minimum atomic E-state index is -2.65. The monoisotopic (exact) mass is 971 g/mol. The van der Waals surface area contributed by atoms with Crippen molar-refractivity contribution in [2.24, 2.45) is 0 Å². The second-order valence-corrected chi connectivity index (χ2v) is 27.5. The van der Waals surface area contributed by atoms with Crippen molar-refractivity contribution in [2.45, 2.75) is 373 Å². The van der Waals surface area contributed by atoms with Gasteiger partial charge in [0.15, 0.2) is 0 Å². The minimum absolute atomic E-state index is 0.639. The fraction of sp³-hybridized carbons (Fsp3) is 1.00. The Morgan fingerprint density at radius 1 is 0.262 bits per heavy atom. The Kier molecular flexibility index (Phi) is 60.1. The van der Waals surface area contributed by atoms with Crippen LogP contribution < -0.4 is 0 Å². The standard InChI is InChI=1S/C60H123O2PS2/c1-3-5-7-9-11-13-15-17-19-21-23-25-27-29-31-33-35-37-39-41-43-45-47-49-51-53-55-57-59-62-63(61,64)65-60-58-56-54-52-50-48-46-44-42-40-38-36-34-32-30-28-26-24-22-20-18-16-14-12-10-8-6-4-2/h3-60H2,1-2H3,(H,61,64). The Bertz CT molecular complexity index is 819. The fourth-order valence-electron chi connectivity index (χ4n) is 9.94. The van der Waals surface area contributed by atoms with Crippen LogP contribution in [0.15, 0.2) is 0 Å². The van der Waals surface area contributed by atoms with E-state index in [1.165, 1.54) is 358 Å². The molecule has 1 N–H and O–H groups in total. The largest absolute Gasteiger partial charge is 0.337 e. The second-order valence-electron chi connectivity index (χ2n) is 21.2. The Hall–Kier alpha value is 0.920. The molecule has 0 fully saturated rings. The topological polar surface area (TPSA) is 29.5 Å². The molecule has 0 radical (unpaired) electrons. The van der Waals surface area contributed by atoms with E-state index in [0.717, 1.165) is 18.6 Å². The van der Waals surface area contributed by atoms with Gasteiger partial charge in [0.25, 0.3) is 0 Å². The zero-order valence-corrected chi connectivity index (χ0v) is 47.7. The second kappa shape index (κ2) is 59.2. The van der Waals surface area contributed by atoms with E-state index in [1.807, 2.05) is 0 Å². The highest BCUT2D eigenvalue weighted by atomic mass is 32.9. The summed E-state index contributed by atoms with van der Waals surface area (Å²) in [6.07, 6.45) is 79.9. The number of hydrogen-bond donors (Lipinski definition) is 1. The van der Waals surface area contributed by atoms with Crippen LogP contribution in [0.1, 0.15) is 373 Å². The molecule has 0 aliphatic heterocycles. The third kappa shape index (κ3) is 61.0. The van der Waals surface area contributed by atoms with Crippen LogP contribution in [0.5, 0.6) is 0 Å². The Labute approximate surface area is 421 Å². The lowest BCUT2D eigenvalue weighted by Gasteiger charge is -2.14. The average Bonchev–Trinajstić information content (AvgIpc) is 3.30. The van der Waals surface area contributed by atoms with Crippen molar-refractivity contribution in [1.29, 1.82) is 0 Å². The molecule has 0 heterocycles. The molecule has 0 aliphatic rings. The van der Waals surface area contributed by atoms with E-state index in [9.17, 15) is 4.89 Å². The molecule has 0 aromatic carbocycles. The molecule has 392 valence electrons. The van der Waals surface area contributed by atoms with Gasteiger partial charge in [0.05, 0.1) is 6.61 Å². The summed E-state index contributed by atoms with van der Waals surface area (Å²) in [5.41, 5.74) is -2.65. The third-order valence-corrected chi connectivity index (χ3v) is 18.9. The third-order valence-electron chi connectivity index (χ3n) is 14.5. The van der Waals surface area contributed by atoms with Crippen LogP contribution in [-0.2, 0) is 16.3 Å². The molecule has 1 unspecified atom stereocenters. The predicted octanol–water partition coefficient (Wildman–Crippen LogP) is 23.8. The first-order chi connectivity index (χ1) is 32.1. The van der Waals surface area contributed by atoms with Crippen molar-refractivity contribution in [1.82, 2.24) is 0 Å². The quantitative estimate of drug-likeness (QED) is 0.0486. The van der Waals surface area contributed by atoms with Gasteiger partial charge in [0.1, 0.15) is 0 Å². The molecule has 5 heteroatoms. The van der Waals surface area contributed by atoms with Crippen LogP contribution >= 0.6 is 17.1 Å². The summed E-state index contributed by atoms with van der Waals surface area (Å²) >= 11 is 6.97. The van der Waals surface area contributed by atoms with Gasteiger partial charge in [-0.05, 0) is 24.6 Å². The highest BCUT2D eigenvalue weighted by Gasteiger charge is 2.14. The highest BCUT2D eigenvalue weighted by Crippen LogP contribution is 2.56. The maximum absolute atomic E-state index is 10.6. The summed E-state index contributed by atoms with van der Waals surface area (Å²) < 4.78 is 5.80. The molecule has 65 heavy (non-hydrogen) atoms. The molecule has 0 bridgehead atoms. The zero-order valence-electron chi connectivity index (χ0n) is 45.1. The van der Waals surface area contributed by atoms with Crippen LogP contribution in [0, 0.1) is 0 Å². The summed E-state index contributed by atoms with van der Waals surface area (Å²) in [7, 11) is 0. The van der Waals surface area contributed by atoms with Crippen LogP contribution in [0.2, 0.25) is 0 Å². The van der Waals surface area contributed by atoms with E-state index >= 15 is 0 Å².